The molecule has 1 amide bonds. The number of pyridine rings is 3. The van der Waals surface area contributed by atoms with Crippen molar-refractivity contribution in [3.63, 3.8) is 0 Å². The maximum Gasteiger partial charge on any atom is 0.259 e. The largest absolute Gasteiger partial charge is 0.346 e. The van der Waals surface area contributed by atoms with Gasteiger partial charge in [0.1, 0.15) is 5.65 Å². The highest BCUT2D eigenvalue weighted by Gasteiger charge is 2.17. The second kappa shape index (κ2) is 8.94. The van der Waals surface area contributed by atoms with E-state index in [2.05, 4.69) is 48.3 Å². The van der Waals surface area contributed by atoms with Crippen molar-refractivity contribution in [1.29, 1.82) is 0 Å². The van der Waals surface area contributed by atoms with Crippen molar-refractivity contribution in [3.05, 3.63) is 78.6 Å². The molecule has 5 aromatic heterocycles. The van der Waals surface area contributed by atoms with Gasteiger partial charge in [0.05, 0.1) is 29.2 Å². The minimum Gasteiger partial charge on any atom is -0.346 e. The molecule has 0 aliphatic carbocycles. The van der Waals surface area contributed by atoms with Gasteiger partial charge in [0, 0.05) is 68.5 Å². The number of hydrogen-bond acceptors (Lipinski definition) is 6. The van der Waals surface area contributed by atoms with Crippen molar-refractivity contribution in [2.45, 2.75) is 6.54 Å². The summed E-state index contributed by atoms with van der Waals surface area (Å²) in [5, 5.41) is 8.32. The van der Waals surface area contributed by atoms with Crippen molar-refractivity contribution in [3.8, 4) is 11.1 Å². The lowest BCUT2D eigenvalue weighted by atomic mass is 10.0. The number of likely N-dealkylation sites (N-methyl/N-ethyl adjacent to an activating group) is 1. The Morgan fingerprint density at radius 3 is 2.83 bits per heavy atom. The van der Waals surface area contributed by atoms with Gasteiger partial charge in [-0.1, -0.05) is 0 Å². The van der Waals surface area contributed by atoms with Crippen molar-refractivity contribution in [2.75, 3.05) is 38.5 Å². The predicted octanol–water partition coefficient (Wildman–Crippen LogP) is 3.27. The highest BCUT2D eigenvalue weighted by atomic mass is 16.1. The number of carbonyl (C=O) groups is 1. The van der Waals surface area contributed by atoms with Gasteiger partial charge in [-0.15, -0.1) is 0 Å². The zero-order chi connectivity index (χ0) is 23.8. The molecule has 6 rings (SSSR count). The second-order valence-corrected chi connectivity index (χ2v) is 9.02. The Balaban J connectivity index is 1.31. The molecule has 1 fully saturated rings. The Bertz CT molecular complexity index is 1500. The fourth-order valence-electron chi connectivity index (χ4n) is 4.59. The number of anilines is 1. The van der Waals surface area contributed by atoms with E-state index in [0.717, 1.165) is 60.4 Å². The van der Waals surface area contributed by atoms with Crippen molar-refractivity contribution < 1.29 is 4.79 Å². The summed E-state index contributed by atoms with van der Waals surface area (Å²) < 4.78 is 1.72. The topological polar surface area (TPSA) is 94.5 Å². The number of piperazine rings is 1. The van der Waals surface area contributed by atoms with Gasteiger partial charge < -0.3 is 15.2 Å². The molecule has 0 bridgehead atoms. The summed E-state index contributed by atoms with van der Waals surface area (Å²) in [6, 6.07) is 9.83. The Morgan fingerprint density at radius 2 is 2.00 bits per heavy atom. The van der Waals surface area contributed by atoms with E-state index in [1.165, 1.54) is 5.56 Å². The average molecular weight is 467 g/mol. The first-order valence-corrected chi connectivity index (χ1v) is 11.7. The molecule has 9 nitrogen and oxygen atoms in total. The minimum atomic E-state index is -0.222. The number of hydrogen-bond donors (Lipinski definition) is 2. The SMILES string of the molecule is CN1CCN(Cc2cnc3[nH]cc(-c4ccn5ncc(C(=O)Nc6cccnc6)c5c4)c3c2)CC1. The van der Waals surface area contributed by atoms with Gasteiger partial charge in [-0.3, -0.25) is 14.7 Å². The third-order valence-corrected chi connectivity index (χ3v) is 6.59. The first-order chi connectivity index (χ1) is 17.1. The zero-order valence-corrected chi connectivity index (χ0v) is 19.5. The van der Waals surface area contributed by atoms with Crippen LogP contribution in [0.25, 0.3) is 27.7 Å². The molecule has 176 valence electrons. The van der Waals surface area contributed by atoms with Crippen LogP contribution in [-0.2, 0) is 6.54 Å². The average Bonchev–Trinajstić information content (AvgIpc) is 3.50. The summed E-state index contributed by atoms with van der Waals surface area (Å²) in [6.45, 7) is 5.20. The lowest BCUT2D eigenvalue weighted by Gasteiger charge is -2.32. The van der Waals surface area contributed by atoms with Gasteiger partial charge in [-0.25, -0.2) is 9.50 Å². The van der Waals surface area contributed by atoms with E-state index in [1.807, 2.05) is 30.7 Å². The first-order valence-electron chi connectivity index (χ1n) is 11.7. The molecule has 0 atom stereocenters. The maximum atomic E-state index is 12.9. The standard InChI is InChI=1S/C26H26N8O/c1-32-7-9-33(10-8-32)17-18-11-21-22(15-29-25(21)28-13-18)19-4-6-34-24(12-19)23(16-30-34)26(35)31-20-3-2-5-27-14-20/h2-6,11-16H,7-10,17H2,1H3,(H,28,29)(H,31,35). The number of nitrogens with zero attached hydrogens (tertiary/aromatic N) is 6. The molecule has 0 saturated carbocycles. The number of amides is 1. The van der Waals surface area contributed by atoms with E-state index >= 15 is 0 Å². The van der Waals surface area contributed by atoms with Crippen LogP contribution < -0.4 is 5.32 Å². The summed E-state index contributed by atoms with van der Waals surface area (Å²) in [6.07, 6.45) is 10.7. The van der Waals surface area contributed by atoms with Crippen LogP contribution in [0.15, 0.2) is 67.5 Å². The van der Waals surface area contributed by atoms with E-state index in [1.54, 1.807) is 35.2 Å². The fourth-order valence-corrected chi connectivity index (χ4v) is 4.59. The first kappa shape index (κ1) is 21.5. The third-order valence-electron chi connectivity index (χ3n) is 6.59. The van der Waals surface area contributed by atoms with Gasteiger partial charge in [0.25, 0.3) is 5.91 Å². The fraction of sp³-hybridized carbons (Fsp3) is 0.231. The molecule has 2 N–H and O–H groups in total. The van der Waals surface area contributed by atoms with Gasteiger partial charge in [0.2, 0.25) is 0 Å². The number of aromatic nitrogens is 5. The Kier molecular flexibility index (Phi) is 5.48. The molecule has 0 aromatic carbocycles. The molecule has 5 aromatic rings. The van der Waals surface area contributed by atoms with Crippen molar-refractivity contribution in [2.24, 2.45) is 0 Å². The molecule has 9 heteroatoms. The van der Waals surface area contributed by atoms with E-state index in [4.69, 9.17) is 0 Å². The van der Waals surface area contributed by atoms with E-state index < -0.39 is 0 Å². The molecule has 6 heterocycles. The van der Waals surface area contributed by atoms with Crippen molar-refractivity contribution in [1.82, 2.24) is 34.4 Å². The summed E-state index contributed by atoms with van der Waals surface area (Å²) in [7, 11) is 2.17. The molecule has 1 saturated heterocycles. The highest BCUT2D eigenvalue weighted by Crippen LogP contribution is 2.30. The number of nitrogens with one attached hydrogen (secondary N) is 2. The second-order valence-electron chi connectivity index (χ2n) is 9.02. The van der Waals surface area contributed by atoms with Crippen LogP contribution in [0.5, 0.6) is 0 Å². The molecule has 1 aliphatic rings. The number of fused-ring (bicyclic) bond motifs is 2. The van der Waals surface area contributed by atoms with Gasteiger partial charge in [-0.05, 0) is 48.5 Å². The maximum absolute atomic E-state index is 12.9. The molecule has 1 aliphatic heterocycles. The zero-order valence-electron chi connectivity index (χ0n) is 19.5. The van der Waals surface area contributed by atoms with Crippen LogP contribution in [-0.4, -0.2) is 73.5 Å². The van der Waals surface area contributed by atoms with Crippen LogP contribution in [0.1, 0.15) is 15.9 Å². The Labute approximate surface area is 202 Å². The van der Waals surface area contributed by atoms with Crippen LogP contribution >= 0.6 is 0 Å². The van der Waals surface area contributed by atoms with Gasteiger partial charge in [-0.2, -0.15) is 5.10 Å². The summed E-state index contributed by atoms with van der Waals surface area (Å²) in [5.74, 6) is -0.222. The number of H-pyrrole nitrogens is 1. The molecule has 35 heavy (non-hydrogen) atoms. The van der Waals surface area contributed by atoms with Crippen LogP contribution in [0, 0.1) is 0 Å². The van der Waals surface area contributed by atoms with Crippen molar-refractivity contribution >= 4 is 28.1 Å². The van der Waals surface area contributed by atoms with Gasteiger partial charge in [0.15, 0.2) is 0 Å². The number of rotatable bonds is 5. The summed E-state index contributed by atoms with van der Waals surface area (Å²) in [5.41, 5.74) is 5.98. The minimum absolute atomic E-state index is 0.222. The van der Waals surface area contributed by atoms with E-state index in [0.29, 0.717) is 11.3 Å². The molecule has 0 unspecified atom stereocenters. The lowest BCUT2D eigenvalue weighted by Crippen LogP contribution is -2.43. The van der Waals surface area contributed by atoms with Gasteiger partial charge >= 0.3 is 0 Å². The normalized spacial score (nSPS) is 15.1. The third kappa shape index (κ3) is 4.27. The summed E-state index contributed by atoms with van der Waals surface area (Å²) in [4.78, 5) is 29.8. The predicted molar refractivity (Wildman–Crippen MR) is 135 cm³/mol. The Hall–Kier alpha value is -4.08. The number of aromatic amines is 1. The highest BCUT2D eigenvalue weighted by molar-refractivity contribution is 6.09. The van der Waals surface area contributed by atoms with Crippen LogP contribution in [0.4, 0.5) is 5.69 Å². The Morgan fingerprint density at radius 1 is 1.11 bits per heavy atom. The van der Waals surface area contributed by atoms with E-state index in [9.17, 15) is 4.79 Å². The molecular formula is C26H26N8O. The quantitative estimate of drug-likeness (QED) is 0.413. The van der Waals surface area contributed by atoms with E-state index in [-0.39, 0.29) is 5.91 Å². The van der Waals surface area contributed by atoms with Crippen LogP contribution in [0.3, 0.4) is 0 Å². The lowest BCUT2D eigenvalue weighted by molar-refractivity contribution is 0.102. The molecule has 0 spiro atoms. The summed E-state index contributed by atoms with van der Waals surface area (Å²) >= 11 is 0. The molecular weight excluding hydrogens is 440 g/mol. The number of carbonyl (C=O) groups excluding carboxylic acids is 1. The monoisotopic (exact) mass is 466 g/mol. The van der Waals surface area contributed by atoms with Crippen LogP contribution in [0.2, 0.25) is 0 Å². The molecule has 0 radical (unpaired) electrons. The smallest absolute Gasteiger partial charge is 0.259 e.